The Hall–Kier alpha value is -1.14. The second kappa shape index (κ2) is 5.46. The lowest BCUT2D eigenvalue weighted by molar-refractivity contribution is 0.0605. The largest absolute Gasteiger partial charge is 0.465 e. The summed E-state index contributed by atoms with van der Waals surface area (Å²) in [5.41, 5.74) is 0.756. The zero-order chi connectivity index (χ0) is 14.2. The summed E-state index contributed by atoms with van der Waals surface area (Å²) in [4.78, 5) is 21.4. The standard InChI is InChI=1S/C13H21N3O2S/c1-8-6-16(7-9(2)15(8)4)13-14-10(3)11(19-13)12(17)18-5/h8-9H,6-7H2,1-5H3. The predicted octanol–water partition coefficient (Wildman–Crippen LogP) is 1.77. The average molecular weight is 283 g/mol. The molecular formula is C13H21N3O2S. The van der Waals surface area contributed by atoms with Crippen molar-refractivity contribution in [3.05, 3.63) is 10.6 Å². The van der Waals surface area contributed by atoms with Crippen LogP contribution in [0.4, 0.5) is 5.13 Å². The van der Waals surface area contributed by atoms with Gasteiger partial charge in [-0.2, -0.15) is 0 Å². The van der Waals surface area contributed by atoms with E-state index in [1.54, 1.807) is 0 Å². The molecule has 6 heteroatoms. The van der Waals surface area contributed by atoms with Crippen LogP contribution in [0.25, 0.3) is 0 Å². The van der Waals surface area contributed by atoms with Crippen molar-refractivity contribution in [1.29, 1.82) is 0 Å². The predicted molar refractivity (Wildman–Crippen MR) is 77.1 cm³/mol. The van der Waals surface area contributed by atoms with Gasteiger partial charge in [0.25, 0.3) is 0 Å². The van der Waals surface area contributed by atoms with Crippen molar-refractivity contribution in [2.24, 2.45) is 0 Å². The molecular weight excluding hydrogens is 262 g/mol. The van der Waals surface area contributed by atoms with E-state index in [-0.39, 0.29) is 5.97 Å². The van der Waals surface area contributed by atoms with Gasteiger partial charge in [-0.05, 0) is 27.8 Å². The summed E-state index contributed by atoms with van der Waals surface area (Å²) in [6, 6.07) is 0.962. The highest BCUT2D eigenvalue weighted by Crippen LogP contribution is 2.29. The Balaban J connectivity index is 2.21. The Morgan fingerprint density at radius 2 is 1.95 bits per heavy atom. The molecule has 1 aromatic rings. The number of thiazole rings is 1. The van der Waals surface area contributed by atoms with Crippen molar-refractivity contribution < 1.29 is 9.53 Å². The topological polar surface area (TPSA) is 45.7 Å². The fourth-order valence-corrected chi connectivity index (χ4v) is 3.36. The lowest BCUT2D eigenvalue weighted by Crippen LogP contribution is -2.55. The molecule has 0 aromatic carbocycles. The Morgan fingerprint density at radius 3 is 2.47 bits per heavy atom. The molecule has 1 saturated heterocycles. The number of carbonyl (C=O) groups is 1. The second-order valence-corrected chi connectivity index (χ2v) is 6.15. The number of carbonyl (C=O) groups excluding carboxylic acids is 1. The molecule has 106 valence electrons. The molecule has 2 unspecified atom stereocenters. The molecule has 0 aliphatic carbocycles. The third-order valence-electron chi connectivity index (χ3n) is 3.79. The van der Waals surface area contributed by atoms with E-state index in [0.717, 1.165) is 23.9 Å². The van der Waals surface area contributed by atoms with Gasteiger partial charge in [-0.15, -0.1) is 0 Å². The minimum atomic E-state index is -0.295. The minimum absolute atomic E-state index is 0.295. The second-order valence-electron chi connectivity index (χ2n) is 5.17. The molecule has 0 bridgehead atoms. The van der Waals surface area contributed by atoms with E-state index in [2.05, 4.69) is 35.7 Å². The number of methoxy groups -OCH3 is 1. The van der Waals surface area contributed by atoms with Gasteiger partial charge in [0.15, 0.2) is 5.13 Å². The molecule has 0 N–H and O–H groups in total. The van der Waals surface area contributed by atoms with Crippen LogP contribution in [0.2, 0.25) is 0 Å². The molecule has 1 aliphatic heterocycles. The van der Waals surface area contributed by atoms with E-state index in [1.165, 1.54) is 18.4 Å². The van der Waals surface area contributed by atoms with Gasteiger partial charge in [-0.1, -0.05) is 11.3 Å². The van der Waals surface area contributed by atoms with Crippen LogP contribution in [0.15, 0.2) is 0 Å². The van der Waals surface area contributed by atoms with E-state index < -0.39 is 0 Å². The first kappa shape index (κ1) is 14.3. The lowest BCUT2D eigenvalue weighted by Gasteiger charge is -2.42. The third kappa shape index (κ3) is 2.74. The van der Waals surface area contributed by atoms with Crippen LogP contribution in [0, 0.1) is 6.92 Å². The Morgan fingerprint density at radius 1 is 1.37 bits per heavy atom. The molecule has 0 spiro atoms. The van der Waals surface area contributed by atoms with E-state index in [1.807, 2.05) is 6.92 Å². The van der Waals surface area contributed by atoms with Crippen LogP contribution in [0.1, 0.15) is 29.2 Å². The van der Waals surface area contributed by atoms with Crippen LogP contribution >= 0.6 is 11.3 Å². The number of anilines is 1. The summed E-state index contributed by atoms with van der Waals surface area (Å²) in [7, 11) is 3.56. The Labute approximate surface area is 118 Å². The van der Waals surface area contributed by atoms with Crippen molar-refractivity contribution in [2.45, 2.75) is 32.9 Å². The zero-order valence-corrected chi connectivity index (χ0v) is 13.0. The minimum Gasteiger partial charge on any atom is -0.465 e. The van der Waals surface area contributed by atoms with Crippen molar-refractivity contribution in [2.75, 3.05) is 32.1 Å². The highest BCUT2D eigenvalue weighted by Gasteiger charge is 2.29. The number of esters is 1. The first-order valence-corrected chi connectivity index (χ1v) is 7.28. The van der Waals surface area contributed by atoms with Gasteiger partial charge in [0.1, 0.15) is 4.88 Å². The summed E-state index contributed by atoms with van der Waals surface area (Å²) >= 11 is 1.43. The van der Waals surface area contributed by atoms with Crippen LogP contribution in [0.5, 0.6) is 0 Å². The summed E-state index contributed by atoms with van der Waals surface area (Å²) in [5.74, 6) is -0.295. The fraction of sp³-hybridized carbons (Fsp3) is 0.692. The average Bonchev–Trinajstić information content (AvgIpc) is 2.76. The highest BCUT2D eigenvalue weighted by molar-refractivity contribution is 7.17. The Bertz CT molecular complexity index is 462. The van der Waals surface area contributed by atoms with Crippen molar-refractivity contribution in [3.8, 4) is 0 Å². The molecule has 2 rings (SSSR count). The molecule has 1 aromatic heterocycles. The summed E-state index contributed by atoms with van der Waals surface area (Å²) in [6.45, 7) is 8.16. The number of likely N-dealkylation sites (N-methyl/N-ethyl adjacent to an activating group) is 1. The van der Waals surface area contributed by atoms with E-state index in [0.29, 0.717) is 17.0 Å². The third-order valence-corrected chi connectivity index (χ3v) is 4.98. The molecule has 2 atom stereocenters. The fourth-order valence-electron chi connectivity index (χ4n) is 2.36. The van der Waals surface area contributed by atoms with Crippen molar-refractivity contribution >= 4 is 22.4 Å². The first-order valence-electron chi connectivity index (χ1n) is 6.46. The number of aromatic nitrogens is 1. The number of nitrogens with zero attached hydrogens (tertiary/aromatic N) is 3. The van der Waals surface area contributed by atoms with E-state index in [4.69, 9.17) is 4.74 Å². The van der Waals surface area contributed by atoms with Gasteiger partial charge in [0.05, 0.1) is 12.8 Å². The van der Waals surface area contributed by atoms with Crippen LogP contribution < -0.4 is 4.90 Å². The van der Waals surface area contributed by atoms with Crippen LogP contribution in [-0.2, 0) is 4.74 Å². The van der Waals surface area contributed by atoms with Crippen LogP contribution in [0.3, 0.4) is 0 Å². The van der Waals surface area contributed by atoms with Crippen LogP contribution in [-0.4, -0.2) is 55.2 Å². The molecule has 19 heavy (non-hydrogen) atoms. The molecule has 2 heterocycles. The maximum absolute atomic E-state index is 11.6. The summed E-state index contributed by atoms with van der Waals surface area (Å²) in [5, 5.41) is 0.921. The normalized spacial score (nSPS) is 24.6. The zero-order valence-electron chi connectivity index (χ0n) is 12.1. The number of rotatable bonds is 2. The Kier molecular flexibility index (Phi) is 4.10. The van der Waals surface area contributed by atoms with E-state index in [9.17, 15) is 4.79 Å². The number of hydrogen-bond donors (Lipinski definition) is 0. The molecule has 0 amide bonds. The molecule has 0 radical (unpaired) electrons. The van der Waals surface area contributed by atoms with Gasteiger partial charge < -0.3 is 9.64 Å². The smallest absolute Gasteiger partial charge is 0.350 e. The quantitative estimate of drug-likeness (QED) is 0.774. The number of aryl methyl sites for hydroxylation is 1. The number of piperazine rings is 1. The number of ether oxygens (including phenoxy) is 1. The number of hydrogen-bond acceptors (Lipinski definition) is 6. The van der Waals surface area contributed by atoms with Gasteiger partial charge in [-0.25, -0.2) is 9.78 Å². The van der Waals surface area contributed by atoms with Gasteiger partial charge in [-0.3, -0.25) is 4.90 Å². The maximum Gasteiger partial charge on any atom is 0.350 e. The van der Waals surface area contributed by atoms with E-state index >= 15 is 0 Å². The van der Waals surface area contributed by atoms with Gasteiger partial charge in [0, 0.05) is 25.2 Å². The highest BCUT2D eigenvalue weighted by atomic mass is 32.1. The van der Waals surface area contributed by atoms with Gasteiger partial charge >= 0.3 is 5.97 Å². The maximum atomic E-state index is 11.6. The van der Waals surface area contributed by atoms with Gasteiger partial charge in [0.2, 0.25) is 0 Å². The summed E-state index contributed by atoms with van der Waals surface area (Å²) < 4.78 is 4.78. The van der Waals surface area contributed by atoms with Crippen molar-refractivity contribution in [3.63, 3.8) is 0 Å². The summed E-state index contributed by atoms with van der Waals surface area (Å²) in [6.07, 6.45) is 0. The van der Waals surface area contributed by atoms with Crippen molar-refractivity contribution in [1.82, 2.24) is 9.88 Å². The molecule has 5 nitrogen and oxygen atoms in total. The SMILES string of the molecule is COC(=O)c1sc(N2CC(C)N(C)C(C)C2)nc1C. The lowest BCUT2D eigenvalue weighted by atomic mass is 10.1. The first-order chi connectivity index (χ1) is 8.93. The molecule has 0 saturated carbocycles. The molecule has 1 aliphatic rings. The molecule has 1 fully saturated rings. The monoisotopic (exact) mass is 283 g/mol.